The van der Waals surface area contributed by atoms with E-state index in [0.717, 1.165) is 24.0 Å². The van der Waals surface area contributed by atoms with Crippen LogP contribution in [0.3, 0.4) is 0 Å². The number of phenols is 2. The molecule has 19 heavy (non-hydrogen) atoms. The lowest BCUT2D eigenvalue weighted by atomic mass is 9.99. The summed E-state index contributed by atoms with van der Waals surface area (Å²) in [7, 11) is 0. The highest BCUT2D eigenvalue weighted by atomic mass is 16.3. The maximum absolute atomic E-state index is 9.80. The minimum absolute atomic E-state index is 0.285. The van der Waals surface area contributed by atoms with Crippen molar-refractivity contribution in [2.75, 3.05) is 0 Å². The highest BCUT2D eigenvalue weighted by molar-refractivity contribution is 5.46. The van der Waals surface area contributed by atoms with Gasteiger partial charge in [0.1, 0.15) is 11.5 Å². The highest BCUT2D eigenvalue weighted by Gasteiger charge is 2.08. The number of unbranched alkanes of at least 4 members (excludes halogenated alkanes) is 7. The van der Waals surface area contributed by atoms with Crippen LogP contribution in [0.15, 0.2) is 12.1 Å². The first-order chi connectivity index (χ1) is 9.16. The Bertz CT molecular complexity index is 372. The van der Waals surface area contributed by atoms with Gasteiger partial charge in [0.05, 0.1) is 0 Å². The summed E-state index contributed by atoms with van der Waals surface area (Å²) < 4.78 is 0. The smallest absolute Gasteiger partial charge is 0.119 e. The second-order valence-electron chi connectivity index (χ2n) is 5.43. The van der Waals surface area contributed by atoms with Crippen LogP contribution in [-0.4, -0.2) is 10.2 Å². The predicted octanol–water partition coefficient (Wildman–Crippen LogP) is 5.09. The number of phenolic OH excluding ortho intramolecular Hbond substituents is 2. The molecule has 0 aliphatic rings. The Labute approximate surface area is 117 Å². The molecule has 0 atom stereocenters. The summed E-state index contributed by atoms with van der Waals surface area (Å²) in [6.45, 7) is 4.11. The van der Waals surface area contributed by atoms with Crippen molar-refractivity contribution >= 4 is 0 Å². The molecular weight excluding hydrogens is 236 g/mol. The normalized spacial score (nSPS) is 10.8. The van der Waals surface area contributed by atoms with Crippen LogP contribution >= 0.6 is 0 Å². The van der Waals surface area contributed by atoms with E-state index < -0.39 is 0 Å². The van der Waals surface area contributed by atoms with E-state index in [-0.39, 0.29) is 5.75 Å². The summed E-state index contributed by atoms with van der Waals surface area (Å²) in [6, 6.07) is 3.14. The van der Waals surface area contributed by atoms with E-state index in [9.17, 15) is 10.2 Å². The fraction of sp³-hybridized carbons (Fsp3) is 0.647. The van der Waals surface area contributed by atoms with Crippen molar-refractivity contribution in [3.8, 4) is 11.5 Å². The molecule has 2 N–H and O–H groups in total. The lowest BCUT2D eigenvalue weighted by Crippen LogP contribution is -1.92. The van der Waals surface area contributed by atoms with Crippen molar-refractivity contribution in [3.05, 3.63) is 23.3 Å². The number of hydrogen-bond acceptors (Lipinski definition) is 2. The zero-order valence-corrected chi connectivity index (χ0v) is 12.4. The van der Waals surface area contributed by atoms with Gasteiger partial charge in [0.15, 0.2) is 0 Å². The molecule has 2 heteroatoms. The molecule has 0 saturated heterocycles. The number of benzene rings is 1. The van der Waals surface area contributed by atoms with Gasteiger partial charge in [-0.2, -0.15) is 0 Å². The second-order valence-corrected chi connectivity index (χ2v) is 5.43. The first-order valence-electron chi connectivity index (χ1n) is 7.67. The quantitative estimate of drug-likeness (QED) is 0.482. The number of hydrogen-bond donors (Lipinski definition) is 2. The Morgan fingerprint density at radius 2 is 1.32 bits per heavy atom. The van der Waals surface area contributed by atoms with Crippen LogP contribution in [0.25, 0.3) is 0 Å². The van der Waals surface area contributed by atoms with Gasteiger partial charge in [-0.25, -0.2) is 0 Å². The van der Waals surface area contributed by atoms with Crippen LogP contribution in [0.5, 0.6) is 11.5 Å². The van der Waals surface area contributed by atoms with Crippen molar-refractivity contribution in [1.82, 2.24) is 0 Å². The van der Waals surface area contributed by atoms with Gasteiger partial charge < -0.3 is 10.2 Å². The Balaban J connectivity index is 2.21. The SMILES string of the molecule is CCCCCCCCCCc1c(O)ccc(O)c1C. The maximum atomic E-state index is 9.80. The zero-order chi connectivity index (χ0) is 14.1. The first-order valence-corrected chi connectivity index (χ1v) is 7.67. The van der Waals surface area contributed by atoms with Crippen molar-refractivity contribution in [1.29, 1.82) is 0 Å². The summed E-state index contributed by atoms with van der Waals surface area (Å²) in [5.74, 6) is 0.602. The summed E-state index contributed by atoms with van der Waals surface area (Å²) in [6.07, 6.45) is 11.1. The van der Waals surface area contributed by atoms with Crippen LogP contribution < -0.4 is 0 Å². The summed E-state index contributed by atoms with van der Waals surface area (Å²) >= 11 is 0. The molecule has 0 spiro atoms. The number of aromatic hydroxyl groups is 2. The van der Waals surface area contributed by atoms with E-state index in [1.54, 1.807) is 12.1 Å². The van der Waals surface area contributed by atoms with Crippen LogP contribution in [0.4, 0.5) is 0 Å². The van der Waals surface area contributed by atoms with Crippen molar-refractivity contribution in [2.45, 2.75) is 71.6 Å². The van der Waals surface area contributed by atoms with Gasteiger partial charge in [-0.3, -0.25) is 0 Å². The minimum atomic E-state index is 0.285. The molecule has 0 saturated carbocycles. The average molecular weight is 264 g/mol. The first kappa shape index (κ1) is 15.9. The third-order valence-corrected chi connectivity index (χ3v) is 3.83. The molecule has 2 nitrogen and oxygen atoms in total. The van der Waals surface area contributed by atoms with Crippen LogP contribution in [-0.2, 0) is 6.42 Å². The van der Waals surface area contributed by atoms with Crippen molar-refractivity contribution in [3.63, 3.8) is 0 Å². The highest BCUT2D eigenvalue weighted by Crippen LogP contribution is 2.29. The third-order valence-electron chi connectivity index (χ3n) is 3.83. The van der Waals surface area contributed by atoms with Gasteiger partial charge in [0.25, 0.3) is 0 Å². The molecule has 1 rings (SSSR count). The largest absolute Gasteiger partial charge is 0.508 e. The molecule has 0 fully saturated rings. The van der Waals surface area contributed by atoms with Gasteiger partial charge in [0.2, 0.25) is 0 Å². The molecule has 0 bridgehead atoms. The van der Waals surface area contributed by atoms with E-state index in [1.165, 1.54) is 44.9 Å². The lowest BCUT2D eigenvalue weighted by molar-refractivity contribution is 0.448. The minimum Gasteiger partial charge on any atom is -0.508 e. The van der Waals surface area contributed by atoms with Gasteiger partial charge in [-0.1, -0.05) is 51.9 Å². The molecule has 0 heterocycles. The molecule has 0 radical (unpaired) electrons. The third kappa shape index (κ3) is 5.54. The molecule has 0 amide bonds. The molecular formula is C17H28O2. The molecule has 0 aliphatic heterocycles. The van der Waals surface area contributed by atoms with E-state index in [1.807, 2.05) is 6.92 Å². The standard InChI is InChI=1S/C17H28O2/c1-3-4-5-6-7-8-9-10-11-15-14(2)16(18)12-13-17(15)19/h12-13,18-19H,3-11H2,1-2H3. The molecule has 0 aliphatic carbocycles. The van der Waals surface area contributed by atoms with E-state index in [4.69, 9.17) is 0 Å². The van der Waals surface area contributed by atoms with Crippen molar-refractivity contribution < 1.29 is 10.2 Å². The van der Waals surface area contributed by atoms with Crippen LogP contribution in [0, 0.1) is 6.92 Å². The average Bonchev–Trinajstić information content (AvgIpc) is 2.40. The van der Waals surface area contributed by atoms with Crippen LogP contribution in [0.2, 0.25) is 0 Å². The zero-order valence-electron chi connectivity index (χ0n) is 12.4. The van der Waals surface area contributed by atoms with Gasteiger partial charge in [-0.15, -0.1) is 0 Å². The van der Waals surface area contributed by atoms with Gasteiger partial charge >= 0.3 is 0 Å². The van der Waals surface area contributed by atoms with Gasteiger partial charge in [0, 0.05) is 5.56 Å². The molecule has 0 unspecified atom stereocenters. The molecule has 1 aromatic carbocycles. The Kier molecular flexibility index (Phi) is 7.39. The lowest BCUT2D eigenvalue weighted by Gasteiger charge is -2.10. The van der Waals surface area contributed by atoms with Crippen molar-refractivity contribution in [2.24, 2.45) is 0 Å². The van der Waals surface area contributed by atoms with E-state index >= 15 is 0 Å². The van der Waals surface area contributed by atoms with Crippen LogP contribution in [0.1, 0.15) is 69.4 Å². The molecule has 0 aromatic heterocycles. The predicted molar refractivity (Wildman–Crippen MR) is 80.8 cm³/mol. The number of rotatable bonds is 9. The van der Waals surface area contributed by atoms with E-state index in [0.29, 0.717) is 5.75 Å². The Morgan fingerprint density at radius 3 is 1.95 bits per heavy atom. The Hall–Kier alpha value is -1.18. The maximum Gasteiger partial charge on any atom is 0.119 e. The Morgan fingerprint density at radius 1 is 0.789 bits per heavy atom. The molecule has 1 aromatic rings. The second kappa shape index (κ2) is 8.84. The fourth-order valence-electron chi connectivity index (χ4n) is 2.48. The summed E-state index contributed by atoms with van der Waals surface area (Å²) in [5.41, 5.74) is 1.73. The van der Waals surface area contributed by atoms with Gasteiger partial charge in [-0.05, 0) is 37.5 Å². The monoisotopic (exact) mass is 264 g/mol. The van der Waals surface area contributed by atoms with E-state index in [2.05, 4.69) is 6.92 Å². The summed E-state index contributed by atoms with van der Waals surface area (Å²) in [4.78, 5) is 0. The summed E-state index contributed by atoms with van der Waals surface area (Å²) in [5, 5.41) is 19.4. The molecule has 108 valence electrons. The fourth-order valence-corrected chi connectivity index (χ4v) is 2.48. The topological polar surface area (TPSA) is 40.5 Å².